The zero-order chi connectivity index (χ0) is 15.0. The largest absolute Gasteiger partial charge is 0.480 e. The maximum atomic E-state index is 11.8. The van der Waals surface area contributed by atoms with Gasteiger partial charge in [-0.1, -0.05) is 0 Å². The van der Waals surface area contributed by atoms with Crippen molar-refractivity contribution in [2.45, 2.75) is 68.6 Å². The van der Waals surface area contributed by atoms with Gasteiger partial charge >= 0.3 is 5.97 Å². The van der Waals surface area contributed by atoms with Gasteiger partial charge < -0.3 is 14.9 Å². The van der Waals surface area contributed by atoms with Crippen molar-refractivity contribution < 1.29 is 9.90 Å². The molecule has 0 spiro atoms. The van der Waals surface area contributed by atoms with Crippen molar-refractivity contribution in [1.82, 2.24) is 15.1 Å². The molecule has 1 heterocycles. The van der Waals surface area contributed by atoms with Gasteiger partial charge in [-0.05, 0) is 65.6 Å². The van der Waals surface area contributed by atoms with Gasteiger partial charge in [0.15, 0.2) is 0 Å². The molecule has 0 bridgehead atoms. The lowest BCUT2D eigenvalue weighted by atomic mass is 9.97. The smallest absolute Gasteiger partial charge is 0.323 e. The number of likely N-dealkylation sites (tertiary alicyclic amines) is 1. The summed E-state index contributed by atoms with van der Waals surface area (Å²) in [5.74, 6) is -0.650. The molecule has 3 rings (SSSR count). The van der Waals surface area contributed by atoms with E-state index in [1.165, 1.54) is 19.4 Å². The van der Waals surface area contributed by atoms with Gasteiger partial charge in [-0.25, -0.2) is 0 Å². The van der Waals surface area contributed by atoms with E-state index >= 15 is 0 Å². The number of hydrogen-bond donors (Lipinski definition) is 2. The number of nitrogens with zero attached hydrogens (tertiary/aromatic N) is 2. The van der Waals surface area contributed by atoms with Crippen molar-refractivity contribution in [3.05, 3.63) is 0 Å². The van der Waals surface area contributed by atoms with E-state index in [1.54, 1.807) is 0 Å². The van der Waals surface area contributed by atoms with Gasteiger partial charge in [0.05, 0.1) is 0 Å². The van der Waals surface area contributed by atoms with Crippen LogP contribution in [0.2, 0.25) is 0 Å². The van der Waals surface area contributed by atoms with E-state index in [0.29, 0.717) is 18.1 Å². The van der Waals surface area contributed by atoms with Gasteiger partial charge in [0.1, 0.15) is 5.54 Å². The Bertz CT molecular complexity index is 399. The molecule has 0 amide bonds. The second-order valence-electron chi connectivity index (χ2n) is 7.42. The quantitative estimate of drug-likeness (QED) is 0.769. The fraction of sp³-hybridized carbons (Fsp3) is 0.938. The van der Waals surface area contributed by atoms with Crippen LogP contribution in [0.4, 0.5) is 0 Å². The first-order chi connectivity index (χ1) is 10.00. The molecule has 0 aromatic carbocycles. The van der Waals surface area contributed by atoms with E-state index in [9.17, 15) is 9.90 Å². The van der Waals surface area contributed by atoms with Crippen LogP contribution in [0.5, 0.6) is 0 Å². The Balaban J connectivity index is 1.57. The molecule has 120 valence electrons. The predicted octanol–water partition coefficient (Wildman–Crippen LogP) is 1.14. The molecular formula is C16H29N3O2. The molecule has 5 heteroatoms. The van der Waals surface area contributed by atoms with Crippen LogP contribution in [0.15, 0.2) is 0 Å². The summed E-state index contributed by atoms with van der Waals surface area (Å²) in [7, 11) is 4.38. The molecule has 0 aromatic heterocycles. The maximum Gasteiger partial charge on any atom is 0.323 e. The summed E-state index contributed by atoms with van der Waals surface area (Å²) in [5, 5.41) is 13.1. The molecule has 2 aliphatic carbocycles. The number of carboxylic acid groups (broad SMARTS) is 1. The summed E-state index contributed by atoms with van der Waals surface area (Å²) in [6.45, 7) is 2.27. The van der Waals surface area contributed by atoms with Crippen LogP contribution in [-0.2, 0) is 4.79 Å². The Kier molecular flexibility index (Phi) is 4.26. The number of aliphatic carboxylic acids is 1. The lowest BCUT2D eigenvalue weighted by molar-refractivity contribution is -0.145. The summed E-state index contributed by atoms with van der Waals surface area (Å²) in [4.78, 5) is 16.6. The van der Waals surface area contributed by atoms with Gasteiger partial charge in [-0.15, -0.1) is 0 Å². The minimum Gasteiger partial charge on any atom is -0.480 e. The molecule has 3 unspecified atom stereocenters. The molecule has 3 aliphatic rings. The Morgan fingerprint density at radius 2 is 2.14 bits per heavy atom. The summed E-state index contributed by atoms with van der Waals surface area (Å²) in [6.07, 6.45) is 7.38. The monoisotopic (exact) mass is 295 g/mol. The van der Waals surface area contributed by atoms with E-state index in [4.69, 9.17) is 0 Å². The van der Waals surface area contributed by atoms with Crippen molar-refractivity contribution in [2.24, 2.45) is 0 Å². The molecule has 1 saturated heterocycles. The molecule has 3 fully saturated rings. The Hall–Kier alpha value is -0.650. The van der Waals surface area contributed by atoms with Crippen molar-refractivity contribution in [3.63, 3.8) is 0 Å². The molecular weight excluding hydrogens is 266 g/mol. The number of nitrogens with one attached hydrogen (secondary N) is 1. The zero-order valence-electron chi connectivity index (χ0n) is 13.3. The molecule has 0 aromatic rings. The molecule has 2 N–H and O–H groups in total. The number of likely N-dealkylation sites (N-methyl/N-ethyl adjacent to an activating group) is 2. The van der Waals surface area contributed by atoms with Crippen molar-refractivity contribution in [2.75, 3.05) is 27.2 Å². The van der Waals surface area contributed by atoms with Gasteiger partial charge in [-0.3, -0.25) is 10.1 Å². The minimum atomic E-state index is -0.665. The van der Waals surface area contributed by atoms with Crippen LogP contribution in [0, 0.1) is 0 Å². The number of hydrogen-bond acceptors (Lipinski definition) is 4. The number of rotatable bonds is 6. The van der Waals surface area contributed by atoms with E-state index in [0.717, 1.165) is 38.6 Å². The SMILES string of the molecule is CN1CCCC1CN(C)C1CCC(NC2CC2)(C(=O)O)C1. The van der Waals surface area contributed by atoms with Crippen molar-refractivity contribution >= 4 is 5.97 Å². The normalized spacial score (nSPS) is 37.5. The van der Waals surface area contributed by atoms with E-state index in [2.05, 4.69) is 29.2 Å². The minimum absolute atomic E-state index is 0.404. The second kappa shape index (κ2) is 5.86. The van der Waals surface area contributed by atoms with Gasteiger partial charge in [0.25, 0.3) is 0 Å². The van der Waals surface area contributed by atoms with Crippen LogP contribution in [0.3, 0.4) is 0 Å². The first-order valence-electron chi connectivity index (χ1n) is 8.42. The molecule has 1 aliphatic heterocycles. The van der Waals surface area contributed by atoms with Gasteiger partial charge in [-0.2, -0.15) is 0 Å². The zero-order valence-corrected chi connectivity index (χ0v) is 13.3. The Morgan fingerprint density at radius 1 is 1.38 bits per heavy atom. The lowest BCUT2D eigenvalue weighted by Crippen LogP contribution is -2.52. The highest BCUT2D eigenvalue weighted by Crippen LogP contribution is 2.36. The van der Waals surface area contributed by atoms with Crippen LogP contribution in [0.1, 0.15) is 44.9 Å². The Morgan fingerprint density at radius 3 is 2.71 bits per heavy atom. The molecule has 2 saturated carbocycles. The van der Waals surface area contributed by atoms with Crippen molar-refractivity contribution in [3.8, 4) is 0 Å². The van der Waals surface area contributed by atoms with E-state index in [1.807, 2.05) is 0 Å². The lowest BCUT2D eigenvalue weighted by Gasteiger charge is -2.32. The van der Waals surface area contributed by atoms with E-state index in [-0.39, 0.29) is 0 Å². The fourth-order valence-corrected chi connectivity index (χ4v) is 4.09. The summed E-state index contributed by atoms with van der Waals surface area (Å²) < 4.78 is 0. The third-order valence-corrected chi connectivity index (χ3v) is 5.75. The van der Waals surface area contributed by atoms with Crippen LogP contribution in [-0.4, -0.2) is 71.7 Å². The topological polar surface area (TPSA) is 55.8 Å². The highest BCUT2D eigenvalue weighted by Gasteiger charge is 2.49. The molecule has 5 nitrogen and oxygen atoms in total. The Labute approximate surface area is 127 Å². The van der Waals surface area contributed by atoms with Gasteiger partial charge in [0.2, 0.25) is 0 Å². The number of carbonyl (C=O) groups is 1. The molecule has 3 atom stereocenters. The third-order valence-electron chi connectivity index (χ3n) is 5.75. The first-order valence-corrected chi connectivity index (χ1v) is 8.42. The standard InChI is InChI=1S/C16H29N3O2/c1-18-9-3-4-14(18)11-19(2)13-7-8-16(10-13,15(20)21)17-12-5-6-12/h12-14,17H,3-11H2,1-2H3,(H,20,21). The second-order valence-corrected chi connectivity index (χ2v) is 7.42. The summed E-state index contributed by atoms with van der Waals surface area (Å²) in [6, 6.07) is 1.50. The molecule has 21 heavy (non-hydrogen) atoms. The van der Waals surface area contributed by atoms with Crippen LogP contribution in [0.25, 0.3) is 0 Å². The van der Waals surface area contributed by atoms with Crippen LogP contribution < -0.4 is 5.32 Å². The highest BCUT2D eigenvalue weighted by molar-refractivity contribution is 5.79. The number of carboxylic acids is 1. The first kappa shape index (κ1) is 15.3. The average Bonchev–Trinajstić information content (AvgIpc) is 2.97. The fourth-order valence-electron chi connectivity index (χ4n) is 4.09. The summed E-state index contributed by atoms with van der Waals surface area (Å²) in [5.41, 5.74) is -0.665. The summed E-state index contributed by atoms with van der Waals surface area (Å²) >= 11 is 0. The average molecular weight is 295 g/mol. The van der Waals surface area contributed by atoms with Crippen molar-refractivity contribution in [1.29, 1.82) is 0 Å². The highest BCUT2D eigenvalue weighted by atomic mass is 16.4. The van der Waals surface area contributed by atoms with Crippen LogP contribution >= 0.6 is 0 Å². The molecule has 0 radical (unpaired) electrons. The third kappa shape index (κ3) is 3.25. The predicted molar refractivity (Wildman–Crippen MR) is 82.4 cm³/mol. The van der Waals surface area contributed by atoms with Gasteiger partial charge in [0, 0.05) is 24.7 Å². The maximum absolute atomic E-state index is 11.8. The van der Waals surface area contributed by atoms with E-state index < -0.39 is 11.5 Å².